The molecule has 0 aromatic heterocycles. The standard InChI is InChI=1S/C12H17NO4/c1-15-7-9-8(10(13)6-14)2-3-11-12(9)17-5-4-16-11/h2-3,10,14H,4-7,13H2,1H3. The maximum absolute atomic E-state index is 9.15. The summed E-state index contributed by atoms with van der Waals surface area (Å²) in [6.07, 6.45) is 0. The lowest BCUT2D eigenvalue weighted by atomic mass is 10.00. The zero-order valence-corrected chi connectivity index (χ0v) is 9.81. The van der Waals surface area contributed by atoms with Crippen LogP contribution in [-0.4, -0.2) is 32.0 Å². The second kappa shape index (κ2) is 5.35. The van der Waals surface area contributed by atoms with E-state index in [1.54, 1.807) is 7.11 Å². The van der Waals surface area contributed by atoms with Crippen molar-refractivity contribution in [1.82, 2.24) is 0 Å². The zero-order valence-electron chi connectivity index (χ0n) is 9.81. The first-order valence-electron chi connectivity index (χ1n) is 5.54. The molecule has 0 saturated heterocycles. The van der Waals surface area contributed by atoms with Gasteiger partial charge in [0.25, 0.3) is 0 Å². The molecule has 3 N–H and O–H groups in total. The van der Waals surface area contributed by atoms with Crippen LogP contribution in [0.3, 0.4) is 0 Å². The Morgan fingerprint density at radius 3 is 2.88 bits per heavy atom. The minimum absolute atomic E-state index is 0.115. The van der Waals surface area contributed by atoms with Gasteiger partial charge >= 0.3 is 0 Å². The van der Waals surface area contributed by atoms with E-state index in [2.05, 4.69) is 0 Å². The molecule has 0 amide bonds. The quantitative estimate of drug-likeness (QED) is 0.804. The SMILES string of the molecule is COCc1c(C(N)CO)ccc2c1OCCO2. The lowest BCUT2D eigenvalue weighted by Crippen LogP contribution is -2.21. The molecule has 1 unspecified atom stereocenters. The van der Waals surface area contributed by atoms with Crippen LogP contribution in [0.25, 0.3) is 0 Å². The number of rotatable bonds is 4. The van der Waals surface area contributed by atoms with Crippen LogP contribution < -0.4 is 15.2 Å². The van der Waals surface area contributed by atoms with E-state index in [0.29, 0.717) is 31.3 Å². The number of hydrogen-bond donors (Lipinski definition) is 2. The van der Waals surface area contributed by atoms with Gasteiger partial charge in [-0.1, -0.05) is 6.07 Å². The number of aliphatic hydroxyl groups is 1. The molecule has 1 aliphatic rings. The van der Waals surface area contributed by atoms with Crippen LogP contribution in [0.1, 0.15) is 17.2 Å². The van der Waals surface area contributed by atoms with Crippen molar-refractivity contribution in [3.8, 4) is 11.5 Å². The molecule has 0 radical (unpaired) electrons. The normalized spacial score (nSPS) is 15.7. The molecule has 5 nitrogen and oxygen atoms in total. The molecule has 2 rings (SSSR count). The molecule has 1 aliphatic heterocycles. The van der Waals surface area contributed by atoms with Crippen molar-refractivity contribution in [3.63, 3.8) is 0 Å². The van der Waals surface area contributed by atoms with E-state index in [4.69, 9.17) is 25.1 Å². The Hall–Kier alpha value is -1.30. The van der Waals surface area contributed by atoms with Gasteiger partial charge in [0.1, 0.15) is 13.2 Å². The second-order valence-corrected chi connectivity index (χ2v) is 3.88. The minimum Gasteiger partial charge on any atom is -0.486 e. The summed E-state index contributed by atoms with van der Waals surface area (Å²) in [7, 11) is 1.61. The maximum Gasteiger partial charge on any atom is 0.167 e. The predicted octanol–water partition coefficient (Wildman–Crippen LogP) is 0.596. The number of benzene rings is 1. The van der Waals surface area contributed by atoms with Crippen LogP contribution in [0.15, 0.2) is 12.1 Å². The van der Waals surface area contributed by atoms with Crippen LogP contribution in [-0.2, 0) is 11.3 Å². The first kappa shape index (κ1) is 12.2. The van der Waals surface area contributed by atoms with E-state index in [0.717, 1.165) is 11.1 Å². The van der Waals surface area contributed by atoms with E-state index in [1.165, 1.54) is 0 Å². The van der Waals surface area contributed by atoms with Gasteiger partial charge in [0.2, 0.25) is 0 Å². The summed E-state index contributed by atoms with van der Waals surface area (Å²) >= 11 is 0. The fraction of sp³-hybridized carbons (Fsp3) is 0.500. The van der Waals surface area contributed by atoms with E-state index in [9.17, 15) is 0 Å². The molecule has 0 saturated carbocycles. The molecule has 1 heterocycles. The number of ether oxygens (including phenoxy) is 3. The molecule has 0 fully saturated rings. The summed E-state index contributed by atoms with van der Waals surface area (Å²) in [6.45, 7) is 1.33. The van der Waals surface area contributed by atoms with Crippen molar-refractivity contribution in [2.24, 2.45) is 5.73 Å². The number of methoxy groups -OCH3 is 1. The highest BCUT2D eigenvalue weighted by Crippen LogP contribution is 2.37. The summed E-state index contributed by atoms with van der Waals surface area (Å²) < 4.78 is 16.3. The number of nitrogens with two attached hydrogens (primary N) is 1. The van der Waals surface area contributed by atoms with Crippen LogP contribution in [0.5, 0.6) is 11.5 Å². The number of aliphatic hydroxyl groups excluding tert-OH is 1. The van der Waals surface area contributed by atoms with Crippen LogP contribution in [0, 0.1) is 0 Å². The number of fused-ring (bicyclic) bond motifs is 1. The highest BCUT2D eigenvalue weighted by Gasteiger charge is 2.21. The zero-order chi connectivity index (χ0) is 12.3. The molecule has 5 heteroatoms. The third kappa shape index (κ3) is 2.36. The molecule has 17 heavy (non-hydrogen) atoms. The van der Waals surface area contributed by atoms with E-state index in [-0.39, 0.29) is 6.61 Å². The Bertz CT molecular complexity index is 394. The maximum atomic E-state index is 9.15. The van der Waals surface area contributed by atoms with Crippen molar-refractivity contribution in [2.75, 3.05) is 26.9 Å². The Balaban J connectivity index is 2.45. The van der Waals surface area contributed by atoms with E-state index >= 15 is 0 Å². The average Bonchev–Trinajstić information content (AvgIpc) is 2.38. The summed E-state index contributed by atoms with van der Waals surface area (Å²) in [4.78, 5) is 0. The Morgan fingerprint density at radius 1 is 1.41 bits per heavy atom. The van der Waals surface area contributed by atoms with Gasteiger partial charge in [-0.05, 0) is 11.6 Å². The lowest BCUT2D eigenvalue weighted by molar-refractivity contribution is 0.151. The summed E-state index contributed by atoms with van der Waals surface area (Å²) in [5.74, 6) is 1.39. The molecule has 0 spiro atoms. The fourth-order valence-corrected chi connectivity index (χ4v) is 1.93. The Morgan fingerprint density at radius 2 is 2.18 bits per heavy atom. The van der Waals surface area contributed by atoms with Crippen molar-refractivity contribution < 1.29 is 19.3 Å². The molecule has 1 aromatic rings. The van der Waals surface area contributed by atoms with Gasteiger partial charge in [0.05, 0.1) is 19.3 Å². The monoisotopic (exact) mass is 239 g/mol. The molecule has 1 atom stereocenters. The van der Waals surface area contributed by atoms with Crippen LogP contribution in [0.4, 0.5) is 0 Å². The first-order valence-corrected chi connectivity index (χ1v) is 5.54. The van der Waals surface area contributed by atoms with Gasteiger partial charge in [-0.25, -0.2) is 0 Å². The molecular weight excluding hydrogens is 222 g/mol. The highest BCUT2D eigenvalue weighted by molar-refractivity contribution is 5.52. The molecule has 0 aliphatic carbocycles. The first-order chi connectivity index (χ1) is 8.27. The van der Waals surface area contributed by atoms with Crippen LogP contribution in [0.2, 0.25) is 0 Å². The summed E-state index contributed by atoms with van der Waals surface area (Å²) in [5.41, 5.74) is 7.54. The van der Waals surface area contributed by atoms with Crippen molar-refractivity contribution >= 4 is 0 Å². The largest absolute Gasteiger partial charge is 0.486 e. The van der Waals surface area contributed by atoms with Crippen molar-refractivity contribution in [2.45, 2.75) is 12.6 Å². The van der Waals surface area contributed by atoms with Gasteiger partial charge in [0, 0.05) is 12.7 Å². The minimum atomic E-state index is -0.434. The third-order valence-corrected chi connectivity index (χ3v) is 2.73. The van der Waals surface area contributed by atoms with E-state index < -0.39 is 6.04 Å². The highest BCUT2D eigenvalue weighted by atomic mass is 16.6. The Labute approximate surface area is 100 Å². The second-order valence-electron chi connectivity index (χ2n) is 3.88. The predicted molar refractivity (Wildman–Crippen MR) is 62.2 cm³/mol. The third-order valence-electron chi connectivity index (χ3n) is 2.73. The lowest BCUT2D eigenvalue weighted by Gasteiger charge is -2.24. The van der Waals surface area contributed by atoms with E-state index in [1.807, 2.05) is 12.1 Å². The fourth-order valence-electron chi connectivity index (χ4n) is 1.93. The van der Waals surface area contributed by atoms with Gasteiger partial charge in [0.15, 0.2) is 11.5 Å². The topological polar surface area (TPSA) is 73.9 Å². The van der Waals surface area contributed by atoms with Gasteiger partial charge in [-0.3, -0.25) is 0 Å². The van der Waals surface area contributed by atoms with Crippen molar-refractivity contribution in [1.29, 1.82) is 0 Å². The van der Waals surface area contributed by atoms with Crippen LogP contribution >= 0.6 is 0 Å². The molecule has 1 aromatic carbocycles. The molecule has 0 bridgehead atoms. The molecular formula is C12H17NO4. The Kier molecular flexibility index (Phi) is 3.83. The summed E-state index contributed by atoms with van der Waals surface area (Å²) in [6, 6.07) is 3.23. The van der Waals surface area contributed by atoms with Gasteiger partial charge in [-0.15, -0.1) is 0 Å². The average molecular weight is 239 g/mol. The van der Waals surface area contributed by atoms with Gasteiger partial charge < -0.3 is 25.1 Å². The summed E-state index contributed by atoms with van der Waals surface area (Å²) in [5, 5.41) is 9.15. The van der Waals surface area contributed by atoms with Gasteiger partial charge in [-0.2, -0.15) is 0 Å². The molecule has 94 valence electrons. The van der Waals surface area contributed by atoms with Crippen molar-refractivity contribution in [3.05, 3.63) is 23.3 Å². The smallest absolute Gasteiger partial charge is 0.167 e. The number of hydrogen-bond acceptors (Lipinski definition) is 5.